The lowest BCUT2D eigenvalue weighted by molar-refractivity contribution is -0.274. The number of ether oxygens (including phenoxy) is 2. The number of esters is 1. The van der Waals surface area contributed by atoms with E-state index >= 15 is 0 Å². The van der Waals surface area contributed by atoms with Crippen molar-refractivity contribution in [2.75, 3.05) is 6.61 Å². The zero-order valence-electron chi connectivity index (χ0n) is 16.3. The minimum atomic E-state index is -4.81. The van der Waals surface area contributed by atoms with E-state index in [1.807, 2.05) is 0 Å². The summed E-state index contributed by atoms with van der Waals surface area (Å²) in [5.74, 6) is -2.38. The third-order valence-corrected chi connectivity index (χ3v) is 4.18. The highest BCUT2D eigenvalue weighted by Crippen LogP contribution is 2.29. The Morgan fingerprint density at radius 2 is 1.87 bits per heavy atom. The van der Waals surface area contributed by atoms with Gasteiger partial charge in [0.05, 0.1) is 12.0 Å². The Balaban J connectivity index is 2.35. The number of carbonyl (C=O) groups is 2. The molecule has 0 bridgehead atoms. The van der Waals surface area contributed by atoms with Crippen molar-refractivity contribution in [3.63, 3.8) is 0 Å². The molecule has 0 aliphatic rings. The van der Waals surface area contributed by atoms with Crippen LogP contribution in [-0.2, 0) is 14.3 Å². The van der Waals surface area contributed by atoms with Crippen molar-refractivity contribution in [2.45, 2.75) is 25.6 Å². The van der Waals surface area contributed by atoms with Gasteiger partial charge < -0.3 is 9.47 Å². The average Bonchev–Trinajstić information content (AvgIpc) is 2.66. The molecule has 0 spiro atoms. The molecule has 2 aromatic carbocycles. The molecule has 0 amide bonds. The molecule has 5 nitrogen and oxygen atoms in total. The lowest BCUT2D eigenvalue weighted by Crippen LogP contribution is -2.17. The van der Waals surface area contributed by atoms with Gasteiger partial charge in [-0.25, -0.2) is 0 Å². The van der Waals surface area contributed by atoms with Crippen LogP contribution in [0.15, 0.2) is 54.1 Å². The van der Waals surface area contributed by atoms with E-state index in [1.54, 1.807) is 24.3 Å². The highest BCUT2D eigenvalue weighted by Gasteiger charge is 2.31. The summed E-state index contributed by atoms with van der Waals surface area (Å²) in [6.45, 7) is 0.949. The fourth-order valence-electron chi connectivity index (χ4n) is 2.66. The van der Waals surface area contributed by atoms with Gasteiger partial charge >= 0.3 is 12.3 Å². The maximum absolute atomic E-state index is 12.3. The molecule has 1 atom stereocenters. The minimum absolute atomic E-state index is 0.294. The molecule has 0 radical (unpaired) electrons. The molecule has 9 heteroatoms. The van der Waals surface area contributed by atoms with Crippen LogP contribution in [0.3, 0.4) is 0 Å². The van der Waals surface area contributed by atoms with Crippen molar-refractivity contribution in [2.24, 2.45) is 0 Å². The second-order valence-corrected chi connectivity index (χ2v) is 6.93. The van der Waals surface area contributed by atoms with Gasteiger partial charge in [-0.1, -0.05) is 41.9 Å². The van der Waals surface area contributed by atoms with Crippen molar-refractivity contribution in [1.29, 1.82) is 5.26 Å². The fraction of sp³-hybridized carbons (Fsp3) is 0.227. The SMILES string of the molecule is CC(=O)CC(=O)OC/C(=C\c1ccc(OC(F)(F)F)cc1)C(C#N)c1cccc(Cl)c1. The van der Waals surface area contributed by atoms with Gasteiger partial charge in [0.25, 0.3) is 0 Å². The van der Waals surface area contributed by atoms with Crippen molar-refractivity contribution in [3.8, 4) is 11.8 Å². The van der Waals surface area contributed by atoms with E-state index in [2.05, 4.69) is 10.8 Å². The quantitative estimate of drug-likeness (QED) is 0.394. The lowest BCUT2D eigenvalue weighted by Gasteiger charge is -2.16. The van der Waals surface area contributed by atoms with E-state index < -0.39 is 30.4 Å². The largest absolute Gasteiger partial charge is 0.573 e. The number of hydrogen-bond donors (Lipinski definition) is 0. The lowest BCUT2D eigenvalue weighted by atomic mass is 9.91. The van der Waals surface area contributed by atoms with Crippen LogP contribution in [0.4, 0.5) is 13.2 Å². The normalized spacial score (nSPS) is 12.6. The molecule has 2 rings (SSSR count). The first-order chi connectivity index (χ1) is 14.6. The second-order valence-electron chi connectivity index (χ2n) is 6.49. The molecular formula is C22H17ClF3NO4. The summed E-state index contributed by atoms with van der Waals surface area (Å²) in [4.78, 5) is 22.9. The van der Waals surface area contributed by atoms with Crippen LogP contribution in [0.25, 0.3) is 6.08 Å². The Morgan fingerprint density at radius 3 is 2.42 bits per heavy atom. The zero-order valence-corrected chi connectivity index (χ0v) is 17.0. The van der Waals surface area contributed by atoms with Gasteiger partial charge in [0, 0.05) is 5.02 Å². The minimum Gasteiger partial charge on any atom is -0.461 e. The van der Waals surface area contributed by atoms with Crippen LogP contribution in [-0.4, -0.2) is 24.7 Å². The van der Waals surface area contributed by atoms with E-state index in [1.165, 1.54) is 25.1 Å². The highest BCUT2D eigenvalue weighted by molar-refractivity contribution is 6.30. The van der Waals surface area contributed by atoms with Crippen molar-refractivity contribution < 1.29 is 32.2 Å². The maximum Gasteiger partial charge on any atom is 0.573 e. The number of benzene rings is 2. The van der Waals surface area contributed by atoms with Crippen molar-refractivity contribution >= 4 is 29.4 Å². The molecule has 0 heterocycles. The Bertz CT molecular complexity index is 1010. The standard InChI is InChI=1S/C22H17ClF3NO4/c1-14(28)9-21(29)30-13-17(20(12-27)16-3-2-4-18(23)11-16)10-15-5-7-19(8-6-15)31-22(24,25)26/h2-8,10-11,20H,9,13H2,1H3/b17-10+. The smallest absolute Gasteiger partial charge is 0.461 e. The van der Waals surface area contributed by atoms with Crippen LogP contribution in [0.5, 0.6) is 5.75 Å². The Morgan fingerprint density at radius 1 is 1.19 bits per heavy atom. The molecular weight excluding hydrogens is 435 g/mol. The maximum atomic E-state index is 12.3. The molecule has 162 valence electrons. The summed E-state index contributed by atoms with van der Waals surface area (Å²) < 4.78 is 46.0. The van der Waals surface area contributed by atoms with Gasteiger partial charge in [-0.3, -0.25) is 9.59 Å². The highest BCUT2D eigenvalue weighted by atomic mass is 35.5. The monoisotopic (exact) mass is 451 g/mol. The predicted octanol–water partition coefficient (Wildman–Crippen LogP) is 5.45. The molecule has 0 N–H and O–H groups in total. The zero-order chi connectivity index (χ0) is 23.0. The molecule has 0 aliphatic heterocycles. The summed E-state index contributed by atoms with van der Waals surface area (Å²) in [6.07, 6.45) is -3.70. The number of Topliss-reactive ketones (excluding diaryl/α,β-unsaturated/α-hetero) is 1. The Labute approximate surface area is 181 Å². The molecule has 1 unspecified atom stereocenters. The first-order valence-electron chi connectivity index (χ1n) is 8.94. The van der Waals surface area contributed by atoms with Gasteiger partial charge in [-0.15, -0.1) is 13.2 Å². The molecule has 31 heavy (non-hydrogen) atoms. The van der Waals surface area contributed by atoms with E-state index in [4.69, 9.17) is 16.3 Å². The average molecular weight is 452 g/mol. The molecule has 0 saturated carbocycles. The first kappa shape index (κ1) is 24.0. The number of nitrogens with zero attached hydrogens (tertiary/aromatic N) is 1. The Kier molecular flexibility index (Phi) is 8.22. The molecule has 0 saturated heterocycles. The van der Waals surface area contributed by atoms with E-state index in [0.29, 0.717) is 21.7 Å². The van der Waals surface area contributed by atoms with Crippen LogP contribution < -0.4 is 4.74 Å². The molecule has 0 fully saturated rings. The van der Waals surface area contributed by atoms with Crippen molar-refractivity contribution in [1.82, 2.24) is 0 Å². The summed E-state index contributed by atoms with van der Waals surface area (Å²) in [7, 11) is 0. The molecule has 0 aliphatic carbocycles. The fourth-order valence-corrected chi connectivity index (χ4v) is 2.86. The van der Waals surface area contributed by atoms with Crippen LogP contribution in [0.2, 0.25) is 5.02 Å². The number of nitriles is 1. The number of rotatable bonds is 8. The van der Waals surface area contributed by atoms with E-state index in [-0.39, 0.29) is 12.4 Å². The van der Waals surface area contributed by atoms with E-state index in [9.17, 15) is 28.0 Å². The number of alkyl halides is 3. The third kappa shape index (κ3) is 8.15. The van der Waals surface area contributed by atoms with Gasteiger partial charge in [0.2, 0.25) is 0 Å². The third-order valence-electron chi connectivity index (χ3n) is 3.94. The first-order valence-corrected chi connectivity index (χ1v) is 9.31. The molecule has 2 aromatic rings. The summed E-state index contributed by atoms with van der Waals surface area (Å²) in [5, 5.41) is 10.1. The van der Waals surface area contributed by atoms with Crippen LogP contribution in [0.1, 0.15) is 30.4 Å². The van der Waals surface area contributed by atoms with E-state index in [0.717, 1.165) is 12.1 Å². The number of ketones is 1. The Hall–Kier alpha value is -3.31. The number of carbonyl (C=O) groups excluding carboxylic acids is 2. The van der Waals surface area contributed by atoms with Crippen molar-refractivity contribution in [3.05, 3.63) is 70.3 Å². The second kappa shape index (κ2) is 10.6. The summed E-state index contributed by atoms with van der Waals surface area (Å²) in [6, 6.07) is 13.6. The number of halogens is 4. The van der Waals surface area contributed by atoms with Gasteiger partial charge in [0.1, 0.15) is 24.6 Å². The molecule has 0 aromatic heterocycles. The van der Waals surface area contributed by atoms with Gasteiger partial charge in [0.15, 0.2) is 0 Å². The van der Waals surface area contributed by atoms with Gasteiger partial charge in [-0.2, -0.15) is 5.26 Å². The van der Waals surface area contributed by atoms with Crippen LogP contribution in [0, 0.1) is 11.3 Å². The topological polar surface area (TPSA) is 76.4 Å². The predicted molar refractivity (Wildman–Crippen MR) is 107 cm³/mol. The van der Waals surface area contributed by atoms with Crippen LogP contribution >= 0.6 is 11.6 Å². The summed E-state index contributed by atoms with van der Waals surface area (Å²) in [5.41, 5.74) is 1.35. The summed E-state index contributed by atoms with van der Waals surface area (Å²) >= 11 is 6.01. The number of hydrogen-bond acceptors (Lipinski definition) is 5. The van der Waals surface area contributed by atoms with Gasteiger partial charge in [-0.05, 0) is 47.9 Å².